The standard InChI is InChI=1S/C41H49N7O6S/c1-4-24(2)33-38-46-34(25(3)54-38)37(51)43-29(22-27-15-9-6-10-16-27)41(53)48-20-12-18-32(48)39-44-30(23-55-39)35(49)42-28(21-26-13-7-5-8-14-26)40(52)47-19-11-17-31(47)36(50)45-33/h5-10,13-16,23-25,28-29,31-34H,4,11-12,17-22H2,1-3H3,(H,42,49)(H,43,51)(H,45,50)/t24-,25+,28-,29-,31-,32-,33+,34-/m0/s1. The summed E-state index contributed by atoms with van der Waals surface area (Å²) in [4.78, 5) is 83.8. The smallest absolute Gasteiger partial charge is 0.271 e. The van der Waals surface area contributed by atoms with Gasteiger partial charge in [-0.15, -0.1) is 11.3 Å². The molecule has 290 valence electrons. The monoisotopic (exact) mass is 767 g/mol. The van der Waals surface area contributed by atoms with E-state index in [4.69, 9.17) is 14.7 Å². The highest BCUT2D eigenvalue weighted by atomic mass is 32.1. The molecule has 8 atom stereocenters. The van der Waals surface area contributed by atoms with Crippen LogP contribution in [0.5, 0.6) is 0 Å². The van der Waals surface area contributed by atoms with E-state index >= 15 is 0 Å². The van der Waals surface area contributed by atoms with Crippen molar-refractivity contribution in [3.05, 3.63) is 87.9 Å². The average Bonchev–Trinajstić information content (AvgIpc) is 4.03. The van der Waals surface area contributed by atoms with Crippen molar-refractivity contribution < 1.29 is 28.7 Å². The SMILES string of the molecule is CC[C@H](C)[C@H]1NC(=O)[C@@H]2CCCN2C(=O)[C@H](Cc2ccccc2)NC(=O)c2csc(n2)[C@@H]2CCCN2C(=O)[C@H](Cc2ccccc2)NC(=O)[C@H]2N=C1O[C@@H]2C. The molecule has 5 heterocycles. The van der Waals surface area contributed by atoms with E-state index in [9.17, 15) is 24.0 Å². The molecule has 4 aliphatic heterocycles. The Morgan fingerprint density at radius 1 is 0.800 bits per heavy atom. The molecule has 13 nitrogen and oxygen atoms in total. The van der Waals surface area contributed by atoms with Gasteiger partial charge in [-0.05, 0) is 49.7 Å². The van der Waals surface area contributed by atoms with Crippen LogP contribution in [-0.4, -0.2) is 99.6 Å². The number of hydrogen-bond acceptors (Lipinski definition) is 9. The van der Waals surface area contributed by atoms with Crippen molar-refractivity contribution >= 4 is 46.8 Å². The number of hydrogen-bond donors (Lipinski definition) is 3. The van der Waals surface area contributed by atoms with Crippen LogP contribution in [0.2, 0.25) is 0 Å². The minimum absolute atomic E-state index is 0.115. The lowest BCUT2D eigenvalue weighted by Crippen LogP contribution is -2.56. The van der Waals surface area contributed by atoms with Crippen LogP contribution in [0, 0.1) is 5.92 Å². The first-order chi connectivity index (χ1) is 26.6. The number of aliphatic imine (C=N–C) groups is 1. The van der Waals surface area contributed by atoms with Gasteiger partial charge in [-0.2, -0.15) is 0 Å². The second-order valence-electron chi connectivity index (χ2n) is 15.0. The maximum atomic E-state index is 14.5. The van der Waals surface area contributed by atoms with Crippen LogP contribution in [0.4, 0.5) is 0 Å². The summed E-state index contributed by atoms with van der Waals surface area (Å²) in [5.74, 6) is -1.78. The third-order valence-electron chi connectivity index (χ3n) is 11.3. The summed E-state index contributed by atoms with van der Waals surface area (Å²) in [6.45, 7) is 6.57. The maximum absolute atomic E-state index is 14.5. The molecule has 5 amide bonds. The molecule has 3 N–H and O–H groups in total. The van der Waals surface area contributed by atoms with Crippen LogP contribution >= 0.6 is 11.3 Å². The lowest BCUT2D eigenvalue weighted by molar-refractivity contribution is -0.140. The van der Waals surface area contributed by atoms with E-state index in [2.05, 4.69) is 16.0 Å². The van der Waals surface area contributed by atoms with Crippen molar-refractivity contribution in [1.82, 2.24) is 30.7 Å². The molecule has 2 aromatic carbocycles. The third kappa shape index (κ3) is 8.29. The minimum Gasteiger partial charge on any atom is -0.474 e. The lowest BCUT2D eigenvalue weighted by Gasteiger charge is -2.31. The fourth-order valence-corrected chi connectivity index (χ4v) is 8.96. The Kier molecular flexibility index (Phi) is 11.6. The number of ether oxygens (including phenoxy) is 1. The predicted octanol–water partition coefficient (Wildman–Crippen LogP) is 3.60. The van der Waals surface area contributed by atoms with Crippen LogP contribution in [0.3, 0.4) is 0 Å². The van der Waals surface area contributed by atoms with Crippen molar-refractivity contribution in [3.8, 4) is 0 Å². The van der Waals surface area contributed by atoms with Gasteiger partial charge in [0.25, 0.3) is 5.91 Å². The van der Waals surface area contributed by atoms with Crippen LogP contribution < -0.4 is 16.0 Å². The Morgan fingerprint density at radius 3 is 2.00 bits per heavy atom. The summed E-state index contributed by atoms with van der Waals surface area (Å²) in [5.41, 5.74) is 1.90. The molecule has 2 saturated heterocycles. The number of rotatable bonds is 6. The molecular formula is C41H49N7O6S. The van der Waals surface area contributed by atoms with Crippen molar-refractivity contribution in [2.75, 3.05) is 13.1 Å². The molecule has 0 saturated carbocycles. The van der Waals surface area contributed by atoms with E-state index in [1.165, 1.54) is 11.3 Å². The van der Waals surface area contributed by atoms with Crippen molar-refractivity contribution in [2.45, 2.75) is 108 Å². The number of carbonyl (C=O) groups excluding carboxylic acids is 5. The number of nitrogens with one attached hydrogen (secondary N) is 3. The van der Waals surface area contributed by atoms with Gasteiger partial charge in [0.2, 0.25) is 29.5 Å². The molecule has 7 rings (SSSR count). The average molecular weight is 768 g/mol. The second kappa shape index (κ2) is 16.7. The maximum Gasteiger partial charge on any atom is 0.271 e. The molecule has 0 spiro atoms. The minimum atomic E-state index is -0.961. The number of aromatic nitrogens is 1. The first-order valence-corrected chi connectivity index (χ1v) is 20.3. The van der Waals surface area contributed by atoms with Gasteiger partial charge in [0.15, 0.2) is 6.04 Å². The fraction of sp³-hybridized carbons (Fsp3) is 0.488. The summed E-state index contributed by atoms with van der Waals surface area (Å²) < 4.78 is 6.23. The highest BCUT2D eigenvalue weighted by molar-refractivity contribution is 7.09. The Balaban J connectivity index is 1.27. The summed E-state index contributed by atoms with van der Waals surface area (Å²) in [5, 5.41) is 11.4. The van der Waals surface area contributed by atoms with Gasteiger partial charge >= 0.3 is 0 Å². The zero-order valence-electron chi connectivity index (χ0n) is 31.5. The Morgan fingerprint density at radius 2 is 1.38 bits per heavy atom. The van der Waals surface area contributed by atoms with E-state index in [0.717, 1.165) is 17.5 Å². The summed E-state index contributed by atoms with van der Waals surface area (Å²) >= 11 is 1.29. The molecule has 1 aromatic heterocycles. The van der Waals surface area contributed by atoms with E-state index in [1.807, 2.05) is 74.5 Å². The molecule has 2 fully saturated rings. The molecular weight excluding hydrogens is 719 g/mol. The number of nitrogens with zero attached hydrogens (tertiary/aromatic N) is 4. The van der Waals surface area contributed by atoms with Gasteiger partial charge in [-0.25, -0.2) is 9.98 Å². The molecule has 55 heavy (non-hydrogen) atoms. The van der Waals surface area contributed by atoms with Crippen molar-refractivity contribution in [3.63, 3.8) is 0 Å². The van der Waals surface area contributed by atoms with E-state index in [-0.39, 0.29) is 54.1 Å². The quantitative estimate of drug-likeness (QED) is 0.346. The van der Waals surface area contributed by atoms with E-state index < -0.39 is 48.1 Å². The Labute approximate surface area is 325 Å². The largest absolute Gasteiger partial charge is 0.474 e. The van der Waals surface area contributed by atoms with Gasteiger partial charge < -0.3 is 30.5 Å². The van der Waals surface area contributed by atoms with Crippen LogP contribution in [0.25, 0.3) is 0 Å². The first kappa shape index (κ1) is 38.2. The number of carbonyl (C=O) groups is 5. The van der Waals surface area contributed by atoms with Crippen LogP contribution in [0.15, 0.2) is 71.0 Å². The van der Waals surface area contributed by atoms with E-state index in [0.29, 0.717) is 43.8 Å². The lowest BCUT2D eigenvalue weighted by atomic mass is 9.98. The number of amides is 5. The van der Waals surface area contributed by atoms with Gasteiger partial charge in [0, 0.05) is 31.3 Å². The summed E-state index contributed by atoms with van der Waals surface area (Å²) in [6.07, 6.45) is 2.98. The number of thiazole rings is 1. The summed E-state index contributed by atoms with van der Waals surface area (Å²) in [7, 11) is 0. The third-order valence-corrected chi connectivity index (χ3v) is 12.2. The normalized spacial score (nSPS) is 28.2. The van der Waals surface area contributed by atoms with Crippen molar-refractivity contribution in [2.24, 2.45) is 10.9 Å². The van der Waals surface area contributed by atoms with E-state index in [1.54, 1.807) is 22.1 Å². The second-order valence-corrected chi connectivity index (χ2v) is 15.9. The van der Waals surface area contributed by atoms with Gasteiger partial charge in [0.1, 0.15) is 41.0 Å². The number of benzene rings is 2. The Bertz CT molecular complexity index is 1920. The first-order valence-electron chi connectivity index (χ1n) is 19.4. The highest BCUT2D eigenvalue weighted by Gasteiger charge is 2.44. The van der Waals surface area contributed by atoms with Gasteiger partial charge in [-0.1, -0.05) is 80.9 Å². The van der Waals surface area contributed by atoms with Gasteiger partial charge in [0.05, 0.1) is 6.04 Å². The van der Waals surface area contributed by atoms with Gasteiger partial charge in [-0.3, -0.25) is 24.0 Å². The number of fused-ring (bicyclic) bond motifs is 6. The highest BCUT2D eigenvalue weighted by Crippen LogP contribution is 2.35. The topological polar surface area (TPSA) is 162 Å². The zero-order chi connectivity index (χ0) is 38.6. The molecule has 4 aliphatic rings. The van der Waals surface area contributed by atoms with Crippen LogP contribution in [0.1, 0.15) is 85.5 Å². The predicted molar refractivity (Wildman–Crippen MR) is 207 cm³/mol. The molecule has 3 aromatic rings. The fourth-order valence-electron chi connectivity index (χ4n) is 8.01. The molecule has 4 bridgehead atoms. The molecule has 14 heteroatoms. The summed E-state index contributed by atoms with van der Waals surface area (Å²) in [6, 6.07) is 14.4. The van der Waals surface area contributed by atoms with Crippen LogP contribution in [-0.2, 0) is 36.8 Å². The zero-order valence-corrected chi connectivity index (χ0v) is 32.3. The molecule has 0 unspecified atom stereocenters. The molecule has 0 radical (unpaired) electrons. The van der Waals surface area contributed by atoms with Crippen molar-refractivity contribution in [1.29, 1.82) is 0 Å². The molecule has 0 aliphatic carbocycles. The Hall–Kier alpha value is -5.11.